The molecule has 1 atom stereocenters. The Hall–Kier alpha value is -0.710. The van der Waals surface area contributed by atoms with Crippen LogP contribution in [0.2, 0.25) is 5.15 Å². The van der Waals surface area contributed by atoms with Gasteiger partial charge in [-0.15, -0.1) is 0 Å². The molecule has 5 heteroatoms. The Balaban J connectivity index is 1.91. The smallest absolute Gasteiger partial charge is 0.144 e. The maximum Gasteiger partial charge on any atom is 0.144 e. The van der Waals surface area contributed by atoms with E-state index in [0.29, 0.717) is 11.3 Å². The van der Waals surface area contributed by atoms with Crippen LogP contribution in [0.25, 0.3) is 0 Å². The van der Waals surface area contributed by atoms with E-state index in [9.17, 15) is 0 Å². The van der Waals surface area contributed by atoms with Crippen LogP contribution in [0.3, 0.4) is 0 Å². The van der Waals surface area contributed by atoms with E-state index < -0.39 is 0 Å². The number of nitrogens with zero attached hydrogens (tertiary/aromatic N) is 3. The van der Waals surface area contributed by atoms with E-state index >= 15 is 0 Å². The molecule has 0 radical (unpaired) electrons. The minimum Gasteiger partial charge on any atom is -0.377 e. The number of rotatable bonds is 5. The molecule has 1 aromatic heterocycles. The van der Waals surface area contributed by atoms with E-state index in [4.69, 9.17) is 16.3 Å². The van der Waals surface area contributed by atoms with Crippen LogP contribution in [0, 0.1) is 6.92 Å². The molecule has 0 amide bonds. The van der Waals surface area contributed by atoms with Gasteiger partial charge in [-0.1, -0.05) is 18.5 Å². The van der Waals surface area contributed by atoms with Crippen LogP contribution in [-0.4, -0.2) is 40.7 Å². The molecule has 4 nitrogen and oxygen atoms in total. The zero-order valence-corrected chi connectivity index (χ0v) is 12.5. The molecule has 0 saturated carbocycles. The average Bonchev–Trinajstić information content (AvgIpc) is 2.35. The first-order valence-corrected chi connectivity index (χ1v) is 7.39. The van der Waals surface area contributed by atoms with Gasteiger partial charge in [-0.2, -0.15) is 0 Å². The predicted octanol–water partition coefficient (Wildman–Crippen LogP) is 2.83. The summed E-state index contributed by atoms with van der Waals surface area (Å²) < 4.78 is 5.84. The highest BCUT2D eigenvalue weighted by atomic mass is 35.5. The van der Waals surface area contributed by atoms with Crippen LogP contribution in [0.4, 0.5) is 0 Å². The van der Waals surface area contributed by atoms with Crippen molar-refractivity contribution in [2.45, 2.75) is 45.8 Å². The van der Waals surface area contributed by atoms with Crippen LogP contribution < -0.4 is 0 Å². The molecule has 1 aromatic rings. The molecule has 0 bridgehead atoms. The summed E-state index contributed by atoms with van der Waals surface area (Å²) in [6, 6.07) is 1.79. The third-order valence-corrected chi connectivity index (χ3v) is 3.45. The van der Waals surface area contributed by atoms with Gasteiger partial charge in [0.2, 0.25) is 0 Å². The molecule has 0 N–H and O–H groups in total. The molecule has 1 fully saturated rings. The Kier molecular flexibility index (Phi) is 5.55. The van der Waals surface area contributed by atoms with Gasteiger partial charge in [0.1, 0.15) is 11.0 Å². The maximum absolute atomic E-state index is 5.97. The van der Waals surface area contributed by atoms with Crippen LogP contribution in [-0.2, 0) is 11.3 Å². The summed E-state index contributed by atoms with van der Waals surface area (Å²) in [5.41, 5.74) is 0.922. The fourth-order valence-electron chi connectivity index (χ4n) is 2.44. The highest BCUT2D eigenvalue weighted by Gasteiger charge is 2.21. The predicted molar refractivity (Wildman–Crippen MR) is 76.3 cm³/mol. The van der Waals surface area contributed by atoms with E-state index in [1.54, 1.807) is 6.07 Å². The number of hydrogen-bond donors (Lipinski definition) is 0. The highest BCUT2D eigenvalue weighted by Crippen LogP contribution is 2.16. The Morgan fingerprint density at radius 2 is 2.32 bits per heavy atom. The standard InChI is InChI=1S/C14H22ClN3O/c1-3-7-19-12-5-4-6-18(9-12)10-14-16-11(2)8-13(15)17-14/h8,12H,3-7,9-10H2,1-2H3. The summed E-state index contributed by atoms with van der Waals surface area (Å²) in [5, 5.41) is 0.526. The van der Waals surface area contributed by atoms with Crippen LogP contribution in [0.15, 0.2) is 6.07 Å². The van der Waals surface area contributed by atoms with Crippen molar-refractivity contribution in [2.75, 3.05) is 19.7 Å². The fraction of sp³-hybridized carbons (Fsp3) is 0.714. The SMILES string of the molecule is CCCOC1CCCN(Cc2nc(C)cc(Cl)n2)C1. The third-order valence-electron chi connectivity index (χ3n) is 3.25. The Morgan fingerprint density at radius 1 is 1.47 bits per heavy atom. The summed E-state index contributed by atoms with van der Waals surface area (Å²) in [5.74, 6) is 0.807. The Morgan fingerprint density at radius 3 is 3.05 bits per heavy atom. The molecule has 0 aromatic carbocycles. The average molecular weight is 284 g/mol. The Bertz CT molecular complexity index is 393. The van der Waals surface area contributed by atoms with Crippen molar-refractivity contribution in [2.24, 2.45) is 0 Å². The first kappa shape index (κ1) is 14.7. The number of ether oxygens (including phenoxy) is 1. The largest absolute Gasteiger partial charge is 0.377 e. The number of piperidine rings is 1. The Labute approximate surface area is 120 Å². The first-order valence-electron chi connectivity index (χ1n) is 7.01. The number of halogens is 1. The lowest BCUT2D eigenvalue weighted by molar-refractivity contribution is -0.00285. The fourth-order valence-corrected chi connectivity index (χ4v) is 2.69. The number of aromatic nitrogens is 2. The van der Waals surface area contributed by atoms with Crippen molar-refractivity contribution in [3.05, 3.63) is 22.7 Å². The van der Waals surface area contributed by atoms with Gasteiger partial charge in [0.05, 0.1) is 12.6 Å². The summed E-state index contributed by atoms with van der Waals surface area (Å²) in [7, 11) is 0. The molecule has 2 heterocycles. The zero-order chi connectivity index (χ0) is 13.7. The molecule has 1 aliphatic heterocycles. The molecule has 0 aliphatic carbocycles. The van der Waals surface area contributed by atoms with E-state index in [1.165, 1.54) is 6.42 Å². The van der Waals surface area contributed by atoms with Gasteiger partial charge >= 0.3 is 0 Å². The monoisotopic (exact) mass is 283 g/mol. The third kappa shape index (κ3) is 4.71. The minimum absolute atomic E-state index is 0.356. The lowest BCUT2D eigenvalue weighted by Gasteiger charge is -2.32. The molecule has 2 rings (SSSR count). The number of aryl methyl sites for hydroxylation is 1. The first-order chi connectivity index (χ1) is 9.17. The lowest BCUT2D eigenvalue weighted by Crippen LogP contribution is -2.39. The molecule has 19 heavy (non-hydrogen) atoms. The lowest BCUT2D eigenvalue weighted by atomic mass is 10.1. The summed E-state index contributed by atoms with van der Waals surface area (Å²) >= 11 is 5.97. The van der Waals surface area contributed by atoms with Crippen molar-refractivity contribution < 1.29 is 4.74 Å². The molecule has 0 spiro atoms. The van der Waals surface area contributed by atoms with E-state index in [-0.39, 0.29) is 0 Å². The summed E-state index contributed by atoms with van der Waals surface area (Å²) in [6.45, 7) is 7.75. The highest BCUT2D eigenvalue weighted by molar-refractivity contribution is 6.29. The van der Waals surface area contributed by atoms with Crippen molar-refractivity contribution >= 4 is 11.6 Å². The minimum atomic E-state index is 0.356. The van der Waals surface area contributed by atoms with Crippen LogP contribution in [0.1, 0.15) is 37.7 Å². The van der Waals surface area contributed by atoms with E-state index in [0.717, 1.165) is 50.6 Å². The molecule has 1 aliphatic rings. The van der Waals surface area contributed by atoms with Crippen molar-refractivity contribution in [3.63, 3.8) is 0 Å². The second-order valence-corrected chi connectivity index (χ2v) is 5.51. The van der Waals surface area contributed by atoms with Crippen molar-refractivity contribution in [1.82, 2.24) is 14.9 Å². The van der Waals surface area contributed by atoms with Gasteiger partial charge in [0, 0.05) is 18.8 Å². The number of likely N-dealkylation sites (tertiary alicyclic amines) is 1. The van der Waals surface area contributed by atoms with Crippen LogP contribution >= 0.6 is 11.6 Å². The van der Waals surface area contributed by atoms with Crippen LogP contribution in [0.5, 0.6) is 0 Å². The normalized spacial score (nSPS) is 20.7. The van der Waals surface area contributed by atoms with E-state index in [2.05, 4.69) is 21.8 Å². The second kappa shape index (κ2) is 7.17. The summed E-state index contributed by atoms with van der Waals surface area (Å²) in [6.07, 6.45) is 3.77. The summed E-state index contributed by atoms with van der Waals surface area (Å²) in [4.78, 5) is 11.1. The number of hydrogen-bond acceptors (Lipinski definition) is 4. The molecule has 106 valence electrons. The zero-order valence-electron chi connectivity index (χ0n) is 11.7. The maximum atomic E-state index is 5.97. The van der Waals surface area contributed by atoms with Gasteiger partial charge in [0.15, 0.2) is 0 Å². The quantitative estimate of drug-likeness (QED) is 0.779. The van der Waals surface area contributed by atoms with Crippen molar-refractivity contribution in [1.29, 1.82) is 0 Å². The second-order valence-electron chi connectivity index (χ2n) is 5.12. The molecule has 1 saturated heterocycles. The van der Waals surface area contributed by atoms with Gasteiger partial charge < -0.3 is 4.74 Å². The van der Waals surface area contributed by atoms with Crippen molar-refractivity contribution in [3.8, 4) is 0 Å². The van der Waals surface area contributed by atoms with Gasteiger partial charge in [-0.25, -0.2) is 9.97 Å². The van der Waals surface area contributed by atoms with Gasteiger partial charge in [-0.3, -0.25) is 4.90 Å². The molecule has 1 unspecified atom stereocenters. The van der Waals surface area contributed by atoms with E-state index in [1.807, 2.05) is 6.92 Å². The van der Waals surface area contributed by atoms with Gasteiger partial charge in [-0.05, 0) is 38.8 Å². The molecular formula is C14H22ClN3O. The van der Waals surface area contributed by atoms with Gasteiger partial charge in [0.25, 0.3) is 0 Å². The molecular weight excluding hydrogens is 262 g/mol. The topological polar surface area (TPSA) is 38.2 Å².